The Morgan fingerprint density at radius 1 is 1.21 bits per heavy atom. The van der Waals surface area contributed by atoms with Crippen LogP contribution in [0.3, 0.4) is 0 Å². The molecule has 2 aliphatic rings. The lowest BCUT2D eigenvalue weighted by Gasteiger charge is -2.31. The first-order valence-corrected chi connectivity index (χ1v) is 11.7. The highest BCUT2D eigenvalue weighted by molar-refractivity contribution is 7.89. The van der Waals surface area contributed by atoms with Crippen LogP contribution in [0.1, 0.15) is 49.8 Å². The van der Waals surface area contributed by atoms with Crippen LogP contribution in [-0.4, -0.2) is 46.7 Å². The standard InChI is InChI=1S/C20H25ClN4O3S/c1-13(2)24-11-9-16-17(12-24)22-19(23-20(16)26)18-4-3-10-25(18)29(27,28)15-7-5-14(21)6-8-15/h5-8,13,18H,3-4,9-12H2,1-2H3,(H,22,23,26). The average molecular weight is 437 g/mol. The van der Waals surface area contributed by atoms with Crippen molar-refractivity contribution in [2.24, 2.45) is 0 Å². The van der Waals surface area contributed by atoms with Gasteiger partial charge in [-0.1, -0.05) is 11.6 Å². The Kier molecular flexibility index (Phi) is 5.54. The molecule has 0 spiro atoms. The lowest BCUT2D eigenvalue weighted by atomic mass is 10.0. The van der Waals surface area contributed by atoms with E-state index in [-0.39, 0.29) is 10.5 Å². The number of hydrogen-bond acceptors (Lipinski definition) is 5. The van der Waals surface area contributed by atoms with Gasteiger partial charge in [0.25, 0.3) is 5.56 Å². The summed E-state index contributed by atoms with van der Waals surface area (Å²) in [4.78, 5) is 22.8. The maximum Gasteiger partial charge on any atom is 0.254 e. The van der Waals surface area contributed by atoms with Gasteiger partial charge in [0.2, 0.25) is 10.0 Å². The van der Waals surface area contributed by atoms with Crippen LogP contribution in [0.4, 0.5) is 0 Å². The van der Waals surface area contributed by atoms with Gasteiger partial charge < -0.3 is 4.98 Å². The minimum absolute atomic E-state index is 0.149. The molecular formula is C20H25ClN4O3S. The number of fused-ring (bicyclic) bond motifs is 1. The lowest BCUT2D eigenvalue weighted by Crippen LogP contribution is -2.40. The van der Waals surface area contributed by atoms with E-state index in [0.717, 1.165) is 24.2 Å². The predicted molar refractivity (Wildman–Crippen MR) is 111 cm³/mol. The van der Waals surface area contributed by atoms with Gasteiger partial charge in [0.1, 0.15) is 5.82 Å². The third kappa shape index (κ3) is 3.86. The summed E-state index contributed by atoms with van der Waals surface area (Å²) in [5, 5.41) is 0.484. The van der Waals surface area contributed by atoms with Gasteiger partial charge in [0, 0.05) is 36.3 Å². The van der Waals surface area contributed by atoms with Gasteiger partial charge in [0.15, 0.2) is 0 Å². The molecule has 3 heterocycles. The number of sulfonamides is 1. The van der Waals surface area contributed by atoms with E-state index in [1.807, 2.05) is 0 Å². The average Bonchev–Trinajstić information content (AvgIpc) is 3.18. The predicted octanol–water partition coefficient (Wildman–Crippen LogP) is 2.72. The Morgan fingerprint density at radius 2 is 1.93 bits per heavy atom. The molecule has 0 aliphatic carbocycles. The zero-order valence-corrected chi connectivity index (χ0v) is 18.1. The van der Waals surface area contributed by atoms with Gasteiger partial charge in [-0.05, 0) is 57.4 Å². The monoisotopic (exact) mass is 436 g/mol. The number of aromatic nitrogens is 2. The number of nitrogens with one attached hydrogen (secondary N) is 1. The van der Waals surface area contributed by atoms with Crippen molar-refractivity contribution in [2.75, 3.05) is 13.1 Å². The molecule has 156 valence electrons. The smallest absolute Gasteiger partial charge is 0.254 e. The Balaban J connectivity index is 1.69. The fourth-order valence-corrected chi connectivity index (χ4v) is 5.91. The van der Waals surface area contributed by atoms with Gasteiger partial charge in [0.05, 0.1) is 16.6 Å². The van der Waals surface area contributed by atoms with E-state index in [1.54, 1.807) is 12.1 Å². The minimum Gasteiger partial charge on any atom is -0.309 e. The molecule has 29 heavy (non-hydrogen) atoms. The zero-order valence-electron chi connectivity index (χ0n) is 16.6. The second-order valence-electron chi connectivity index (χ2n) is 7.92. The second-order valence-corrected chi connectivity index (χ2v) is 10.2. The largest absolute Gasteiger partial charge is 0.309 e. The number of hydrogen-bond donors (Lipinski definition) is 1. The topological polar surface area (TPSA) is 86.4 Å². The zero-order chi connectivity index (χ0) is 20.8. The first kappa shape index (κ1) is 20.5. The number of halogens is 1. The molecule has 1 aromatic carbocycles. The summed E-state index contributed by atoms with van der Waals surface area (Å²) < 4.78 is 27.8. The van der Waals surface area contributed by atoms with Crippen molar-refractivity contribution >= 4 is 21.6 Å². The number of H-pyrrole nitrogens is 1. The van der Waals surface area contributed by atoms with E-state index < -0.39 is 16.1 Å². The molecule has 2 aliphatic heterocycles. The van der Waals surface area contributed by atoms with Crippen LogP contribution in [0.25, 0.3) is 0 Å². The van der Waals surface area contributed by atoms with Crippen molar-refractivity contribution in [1.29, 1.82) is 0 Å². The molecule has 1 atom stereocenters. The molecule has 0 bridgehead atoms. The van der Waals surface area contributed by atoms with Crippen molar-refractivity contribution in [3.63, 3.8) is 0 Å². The van der Waals surface area contributed by atoms with Crippen LogP contribution in [0.5, 0.6) is 0 Å². The number of nitrogens with zero attached hydrogens (tertiary/aromatic N) is 3. The summed E-state index contributed by atoms with van der Waals surface area (Å²) >= 11 is 5.90. The second kappa shape index (κ2) is 7.83. The highest BCUT2D eigenvalue weighted by Gasteiger charge is 2.38. The summed E-state index contributed by atoms with van der Waals surface area (Å²) in [6.45, 7) is 6.08. The molecule has 2 aromatic rings. The molecule has 0 radical (unpaired) electrons. The van der Waals surface area contributed by atoms with Crippen LogP contribution < -0.4 is 5.56 Å². The molecular weight excluding hydrogens is 412 g/mol. The van der Waals surface area contributed by atoms with E-state index in [0.29, 0.717) is 42.8 Å². The molecule has 0 saturated carbocycles. The van der Waals surface area contributed by atoms with Gasteiger partial charge in [-0.25, -0.2) is 13.4 Å². The van der Waals surface area contributed by atoms with E-state index in [2.05, 4.69) is 23.7 Å². The first-order chi connectivity index (χ1) is 13.8. The summed E-state index contributed by atoms with van der Waals surface area (Å²) in [6.07, 6.45) is 2.01. The Labute approximate surface area is 175 Å². The summed E-state index contributed by atoms with van der Waals surface area (Å²) in [6, 6.07) is 6.05. The highest BCUT2D eigenvalue weighted by Crippen LogP contribution is 2.35. The van der Waals surface area contributed by atoms with Crippen LogP contribution in [-0.2, 0) is 23.0 Å². The number of benzene rings is 1. The van der Waals surface area contributed by atoms with Gasteiger partial charge in [-0.15, -0.1) is 0 Å². The van der Waals surface area contributed by atoms with Crippen LogP contribution in [0, 0.1) is 0 Å². The highest BCUT2D eigenvalue weighted by atomic mass is 35.5. The van der Waals surface area contributed by atoms with Crippen LogP contribution in [0.2, 0.25) is 5.02 Å². The maximum absolute atomic E-state index is 13.2. The fourth-order valence-electron chi connectivity index (χ4n) is 4.12. The van der Waals surface area contributed by atoms with Gasteiger partial charge in [-0.2, -0.15) is 4.31 Å². The summed E-state index contributed by atoms with van der Waals surface area (Å²) in [5.74, 6) is 0.439. The van der Waals surface area contributed by atoms with E-state index in [1.165, 1.54) is 16.4 Å². The molecule has 9 heteroatoms. The lowest BCUT2D eigenvalue weighted by molar-refractivity contribution is 0.198. The number of rotatable bonds is 4. The molecule has 7 nitrogen and oxygen atoms in total. The van der Waals surface area contributed by atoms with E-state index in [9.17, 15) is 13.2 Å². The SMILES string of the molecule is CC(C)N1CCc2c(nc(C3CCCN3S(=O)(=O)c3ccc(Cl)cc3)[nH]c2=O)C1. The van der Waals surface area contributed by atoms with Crippen molar-refractivity contribution in [3.05, 3.63) is 56.7 Å². The Hall–Kier alpha value is -1.74. The van der Waals surface area contributed by atoms with Crippen molar-refractivity contribution in [1.82, 2.24) is 19.2 Å². The Morgan fingerprint density at radius 3 is 2.62 bits per heavy atom. The molecule has 1 unspecified atom stereocenters. The molecule has 1 aromatic heterocycles. The van der Waals surface area contributed by atoms with Crippen molar-refractivity contribution in [3.8, 4) is 0 Å². The van der Waals surface area contributed by atoms with Crippen LogP contribution >= 0.6 is 11.6 Å². The quantitative estimate of drug-likeness (QED) is 0.796. The summed E-state index contributed by atoms with van der Waals surface area (Å²) in [7, 11) is -3.71. The van der Waals surface area contributed by atoms with E-state index >= 15 is 0 Å². The maximum atomic E-state index is 13.2. The molecule has 0 amide bonds. The third-order valence-corrected chi connectivity index (χ3v) is 7.97. The Bertz CT molecular complexity index is 1070. The van der Waals surface area contributed by atoms with E-state index in [4.69, 9.17) is 16.6 Å². The molecule has 1 fully saturated rings. The number of aromatic amines is 1. The van der Waals surface area contributed by atoms with Crippen molar-refractivity contribution < 1.29 is 8.42 Å². The minimum atomic E-state index is -3.71. The fraction of sp³-hybridized carbons (Fsp3) is 0.500. The first-order valence-electron chi connectivity index (χ1n) is 9.91. The van der Waals surface area contributed by atoms with Gasteiger partial charge in [-0.3, -0.25) is 9.69 Å². The summed E-state index contributed by atoms with van der Waals surface area (Å²) in [5.41, 5.74) is 1.33. The molecule has 1 N–H and O–H groups in total. The van der Waals surface area contributed by atoms with Gasteiger partial charge >= 0.3 is 0 Å². The normalized spacial score (nSPS) is 20.9. The van der Waals surface area contributed by atoms with Crippen molar-refractivity contribution in [2.45, 2.75) is 56.6 Å². The molecule has 1 saturated heterocycles. The van der Waals surface area contributed by atoms with Crippen LogP contribution in [0.15, 0.2) is 34.0 Å². The third-order valence-electron chi connectivity index (χ3n) is 5.79. The molecule has 4 rings (SSSR count).